The van der Waals surface area contributed by atoms with E-state index in [0.29, 0.717) is 24.3 Å². The minimum atomic E-state index is -0.181. The Hall–Kier alpha value is -2.09. The molecule has 0 bridgehead atoms. The number of H-pyrrole nitrogens is 1. The van der Waals surface area contributed by atoms with E-state index in [-0.39, 0.29) is 17.5 Å². The van der Waals surface area contributed by atoms with Crippen molar-refractivity contribution in [1.29, 1.82) is 0 Å². The van der Waals surface area contributed by atoms with Crippen molar-refractivity contribution in [2.24, 2.45) is 5.92 Å². The zero-order valence-corrected chi connectivity index (χ0v) is 18.7. The highest BCUT2D eigenvalue weighted by Gasteiger charge is 2.18. The van der Waals surface area contributed by atoms with E-state index in [4.69, 9.17) is 10.5 Å². The van der Waals surface area contributed by atoms with Crippen LogP contribution in [0.1, 0.15) is 71.6 Å². The third-order valence-electron chi connectivity index (χ3n) is 6.10. The van der Waals surface area contributed by atoms with Gasteiger partial charge in [-0.1, -0.05) is 39.5 Å². The Morgan fingerprint density at radius 2 is 1.87 bits per heavy atom. The predicted octanol–water partition coefficient (Wildman–Crippen LogP) is 3.56. The molecule has 3 heterocycles. The highest BCUT2D eigenvalue weighted by atomic mass is 16.5. The van der Waals surface area contributed by atoms with Crippen molar-refractivity contribution >= 4 is 17.0 Å². The smallest absolute Gasteiger partial charge is 0.327 e. The molecule has 0 aromatic carbocycles. The normalized spacial score (nSPS) is 15.8. The second-order valence-corrected chi connectivity index (χ2v) is 8.51. The maximum atomic E-state index is 12.4. The Balaban J connectivity index is 1.48. The second kappa shape index (κ2) is 11.3. The fourth-order valence-electron chi connectivity index (χ4n) is 4.31. The van der Waals surface area contributed by atoms with E-state index in [9.17, 15) is 4.79 Å². The van der Waals surface area contributed by atoms with Gasteiger partial charge in [0.1, 0.15) is 5.52 Å². The van der Waals surface area contributed by atoms with Gasteiger partial charge < -0.3 is 20.4 Å². The minimum absolute atomic E-state index is 0.181. The molecular formula is C22H38N6O2. The number of imidazole rings is 1. The molecule has 2 aromatic rings. The Bertz CT molecular complexity index is 838. The number of anilines is 1. The van der Waals surface area contributed by atoms with Gasteiger partial charge in [0.05, 0.1) is 6.61 Å². The molecule has 0 unspecified atom stereocenters. The molecular weight excluding hydrogens is 380 g/mol. The van der Waals surface area contributed by atoms with Crippen molar-refractivity contribution in [3.63, 3.8) is 0 Å². The monoisotopic (exact) mass is 418 g/mol. The number of aromatic nitrogens is 4. The first-order valence-electron chi connectivity index (χ1n) is 11.7. The number of nitrogen functional groups attached to an aromatic ring is 1. The van der Waals surface area contributed by atoms with Crippen LogP contribution in [-0.2, 0) is 6.54 Å². The van der Waals surface area contributed by atoms with E-state index in [1.165, 1.54) is 51.7 Å². The van der Waals surface area contributed by atoms with Gasteiger partial charge in [-0.15, -0.1) is 0 Å². The van der Waals surface area contributed by atoms with Crippen molar-refractivity contribution in [2.75, 3.05) is 32.0 Å². The molecule has 0 spiro atoms. The van der Waals surface area contributed by atoms with Crippen LogP contribution < -0.4 is 16.2 Å². The number of aryl methyl sites for hydroxylation is 1. The van der Waals surface area contributed by atoms with Crippen LogP contribution in [-0.4, -0.2) is 50.7 Å². The summed E-state index contributed by atoms with van der Waals surface area (Å²) in [5.74, 6) is 1.13. The largest absolute Gasteiger partial charge is 0.463 e. The molecule has 0 saturated carbocycles. The van der Waals surface area contributed by atoms with Gasteiger partial charge in [0.25, 0.3) is 0 Å². The Morgan fingerprint density at radius 1 is 1.07 bits per heavy atom. The third kappa shape index (κ3) is 5.97. The number of nitrogens with one attached hydrogen (secondary N) is 1. The van der Waals surface area contributed by atoms with E-state index in [1.54, 1.807) is 4.57 Å². The average molecular weight is 419 g/mol. The highest BCUT2D eigenvalue weighted by molar-refractivity contribution is 5.81. The average Bonchev–Trinajstić information content (AvgIpc) is 3.05. The first-order valence-corrected chi connectivity index (χ1v) is 11.7. The quantitative estimate of drug-likeness (QED) is 0.511. The van der Waals surface area contributed by atoms with Crippen LogP contribution in [0.5, 0.6) is 6.01 Å². The number of aromatic amines is 1. The number of hydrogen-bond acceptors (Lipinski definition) is 6. The van der Waals surface area contributed by atoms with E-state index in [1.807, 2.05) is 0 Å². The van der Waals surface area contributed by atoms with Gasteiger partial charge in [0.15, 0.2) is 11.5 Å². The maximum Gasteiger partial charge on any atom is 0.327 e. The molecule has 8 heteroatoms. The van der Waals surface area contributed by atoms with Crippen LogP contribution in [0.2, 0.25) is 0 Å². The van der Waals surface area contributed by atoms with Gasteiger partial charge in [-0.2, -0.15) is 9.97 Å². The molecule has 3 N–H and O–H groups in total. The van der Waals surface area contributed by atoms with Crippen LogP contribution >= 0.6 is 0 Å². The number of fused-ring (bicyclic) bond motifs is 1. The summed E-state index contributed by atoms with van der Waals surface area (Å²) in [5.41, 5.74) is 6.88. The standard InChI is InChI=1S/C22H38N6O2/c1-3-5-16-30-21-25-19(23)18-20(26-21)28(22(29)24-18)13-8-6-7-9-17-10-14-27(12-4-2)15-11-17/h17H,3-16H2,1-2H3,(H,24,29)(H2,23,25,26). The van der Waals surface area contributed by atoms with Gasteiger partial charge in [0.2, 0.25) is 0 Å². The van der Waals surface area contributed by atoms with Crippen molar-refractivity contribution in [3.05, 3.63) is 10.5 Å². The van der Waals surface area contributed by atoms with Gasteiger partial charge >= 0.3 is 11.7 Å². The predicted molar refractivity (Wildman–Crippen MR) is 121 cm³/mol. The summed E-state index contributed by atoms with van der Waals surface area (Å²) in [6, 6.07) is 0.246. The summed E-state index contributed by atoms with van der Waals surface area (Å²) in [7, 11) is 0. The Labute approximate surface area is 179 Å². The minimum Gasteiger partial charge on any atom is -0.463 e. The number of nitrogens with zero attached hydrogens (tertiary/aromatic N) is 4. The van der Waals surface area contributed by atoms with Crippen LogP contribution in [0.25, 0.3) is 11.2 Å². The number of nitrogens with two attached hydrogens (primary N) is 1. The first-order chi connectivity index (χ1) is 14.6. The third-order valence-corrected chi connectivity index (χ3v) is 6.10. The van der Waals surface area contributed by atoms with Crippen LogP contribution in [0, 0.1) is 5.92 Å². The van der Waals surface area contributed by atoms with Crippen molar-refractivity contribution < 1.29 is 4.74 Å². The van der Waals surface area contributed by atoms with Gasteiger partial charge in [-0.05, 0) is 57.7 Å². The molecule has 0 atom stereocenters. The highest BCUT2D eigenvalue weighted by Crippen LogP contribution is 2.23. The van der Waals surface area contributed by atoms with Crippen LogP contribution in [0.4, 0.5) is 5.82 Å². The van der Waals surface area contributed by atoms with Crippen molar-refractivity contribution in [3.8, 4) is 6.01 Å². The van der Waals surface area contributed by atoms with Crippen LogP contribution in [0.15, 0.2) is 4.79 Å². The molecule has 1 aliphatic rings. The molecule has 1 aliphatic heterocycles. The fourth-order valence-corrected chi connectivity index (χ4v) is 4.31. The molecule has 0 amide bonds. The SMILES string of the molecule is CCCCOc1nc(N)c2[nH]c(=O)n(CCCCCC3CCN(CCC)CC3)c2n1. The second-order valence-electron chi connectivity index (χ2n) is 8.51. The van der Waals surface area contributed by atoms with Gasteiger partial charge in [-0.3, -0.25) is 4.57 Å². The molecule has 0 radical (unpaired) electrons. The molecule has 3 rings (SSSR count). The lowest BCUT2D eigenvalue weighted by Crippen LogP contribution is -2.34. The Morgan fingerprint density at radius 3 is 2.60 bits per heavy atom. The van der Waals surface area contributed by atoms with Crippen LogP contribution in [0.3, 0.4) is 0 Å². The number of rotatable bonds is 12. The zero-order chi connectivity index (χ0) is 21.3. The van der Waals surface area contributed by atoms with E-state index in [2.05, 4.69) is 33.7 Å². The topological polar surface area (TPSA) is 102 Å². The molecule has 0 aliphatic carbocycles. The maximum absolute atomic E-state index is 12.4. The summed E-state index contributed by atoms with van der Waals surface area (Å²) in [4.78, 5) is 26.4. The molecule has 2 aromatic heterocycles. The molecule has 8 nitrogen and oxygen atoms in total. The molecule has 1 saturated heterocycles. The number of hydrogen-bond donors (Lipinski definition) is 2. The summed E-state index contributed by atoms with van der Waals surface area (Å²) in [5, 5.41) is 0. The number of piperidine rings is 1. The number of likely N-dealkylation sites (tertiary alicyclic amines) is 1. The first kappa shape index (κ1) is 22.6. The summed E-state index contributed by atoms with van der Waals surface area (Å²) in [6.45, 7) is 9.30. The molecule has 1 fully saturated rings. The lowest BCUT2D eigenvalue weighted by Gasteiger charge is -2.31. The lowest BCUT2D eigenvalue weighted by atomic mass is 9.91. The van der Waals surface area contributed by atoms with Crippen molar-refractivity contribution in [2.45, 2.75) is 78.2 Å². The van der Waals surface area contributed by atoms with Gasteiger partial charge in [0, 0.05) is 6.54 Å². The van der Waals surface area contributed by atoms with Gasteiger partial charge in [-0.25, -0.2) is 4.79 Å². The number of unbranched alkanes of at least 4 members (excludes halogenated alkanes) is 3. The Kier molecular flexibility index (Phi) is 8.54. The summed E-state index contributed by atoms with van der Waals surface area (Å²) in [6.07, 6.45) is 10.5. The van der Waals surface area contributed by atoms with E-state index >= 15 is 0 Å². The number of ether oxygens (including phenoxy) is 1. The fraction of sp³-hybridized carbons (Fsp3) is 0.773. The van der Waals surface area contributed by atoms with E-state index < -0.39 is 0 Å². The molecule has 30 heavy (non-hydrogen) atoms. The summed E-state index contributed by atoms with van der Waals surface area (Å²) >= 11 is 0. The lowest BCUT2D eigenvalue weighted by molar-refractivity contribution is 0.177. The summed E-state index contributed by atoms with van der Waals surface area (Å²) < 4.78 is 7.27. The van der Waals surface area contributed by atoms with E-state index in [0.717, 1.165) is 31.6 Å². The zero-order valence-electron chi connectivity index (χ0n) is 18.7. The van der Waals surface area contributed by atoms with Crippen molar-refractivity contribution in [1.82, 2.24) is 24.4 Å². The molecule has 168 valence electrons.